The maximum atomic E-state index is 10.9. The molecule has 2 rings (SSSR count). The van der Waals surface area contributed by atoms with Gasteiger partial charge in [-0.05, 0) is 42.8 Å². The number of carbonyl (C=O) groups is 1. The average Bonchev–Trinajstić information content (AvgIpc) is 2.39. The number of nitrogens with one attached hydrogen (secondary N) is 2. The van der Waals surface area contributed by atoms with Gasteiger partial charge in [-0.1, -0.05) is 6.07 Å². The number of benzene rings is 1. The third-order valence-electron chi connectivity index (χ3n) is 2.67. The summed E-state index contributed by atoms with van der Waals surface area (Å²) in [5, 5.41) is 6.04. The molecule has 1 aromatic heterocycles. The van der Waals surface area contributed by atoms with Crippen molar-refractivity contribution >= 4 is 17.3 Å². The van der Waals surface area contributed by atoms with Crippen LogP contribution in [0.5, 0.6) is 0 Å². The molecule has 0 atom stereocenters. The molecule has 0 saturated carbocycles. The largest absolute Gasteiger partial charge is 0.381 e. The zero-order chi connectivity index (χ0) is 13.7. The van der Waals surface area contributed by atoms with E-state index in [1.807, 2.05) is 43.5 Å². The number of amides is 1. The van der Waals surface area contributed by atoms with Crippen molar-refractivity contribution in [3.8, 4) is 0 Å². The maximum Gasteiger partial charge on any atom is 0.221 e. The van der Waals surface area contributed by atoms with Crippen molar-refractivity contribution in [2.75, 3.05) is 10.6 Å². The Morgan fingerprint density at radius 1 is 1.11 bits per heavy atom. The first kappa shape index (κ1) is 13.1. The van der Waals surface area contributed by atoms with Crippen LogP contribution in [0.15, 0.2) is 42.6 Å². The van der Waals surface area contributed by atoms with Crippen LogP contribution in [0.4, 0.5) is 11.4 Å². The average molecular weight is 255 g/mol. The van der Waals surface area contributed by atoms with E-state index in [0.29, 0.717) is 0 Å². The quantitative estimate of drug-likeness (QED) is 0.883. The molecule has 1 amide bonds. The Bertz CT molecular complexity index is 547. The van der Waals surface area contributed by atoms with Crippen molar-refractivity contribution in [1.82, 2.24) is 4.98 Å². The summed E-state index contributed by atoms with van der Waals surface area (Å²) < 4.78 is 0. The molecule has 4 nitrogen and oxygen atoms in total. The topological polar surface area (TPSA) is 54.0 Å². The summed E-state index contributed by atoms with van der Waals surface area (Å²) in [6, 6.07) is 11.7. The summed E-state index contributed by atoms with van der Waals surface area (Å²) >= 11 is 0. The zero-order valence-corrected chi connectivity index (χ0v) is 11.1. The minimum absolute atomic E-state index is 0.0635. The third kappa shape index (κ3) is 4.10. The van der Waals surface area contributed by atoms with Crippen LogP contribution in [0.2, 0.25) is 0 Å². The highest BCUT2D eigenvalue weighted by molar-refractivity contribution is 5.88. The SMILES string of the molecule is CC(=O)Nc1ccc(NCc2ccc(C)nc2)cc1. The minimum Gasteiger partial charge on any atom is -0.381 e. The second-order valence-electron chi connectivity index (χ2n) is 4.42. The number of rotatable bonds is 4. The maximum absolute atomic E-state index is 10.9. The molecule has 0 spiro atoms. The van der Waals surface area contributed by atoms with Crippen LogP contribution >= 0.6 is 0 Å². The molecule has 0 aliphatic rings. The third-order valence-corrected chi connectivity index (χ3v) is 2.67. The molecule has 1 aromatic carbocycles. The lowest BCUT2D eigenvalue weighted by Crippen LogP contribution is -2.05. The number of aryl methyl sites for hydroxylation is 1. The van der Waals surface area contributed by atoms with Gasteiger partial charge in [-0.2, -0.15) is 0 Å². The summed E-state index contributed by atoms with van der Waals surface area (Å²) in [7, 11) is 0. The van der Waals surface area contributed by atoms with Gasteiger partial charge in [0.05, 0.1) is 0 Å². The molecule has 0 bridgehead atoms. The molecule has 4 heteroatoms. The monoisotopic (exact) mass is 255 g/mol. The van der Waals surface area contributed by atoms with E-state index in [-0.39, 0.29) is 5.91 Å². The number of pyridine rings is 1. The Morgan fingerprint density at radius 2 is 1.79 bits per heavy atom. The fraction of sp³-hybridized carbons (Fsp3) is 0.200. The van der Waals surface area contributed by atoms with Crippen LogP contribution in [0.3, 0.4) is 0 Å². The first-order chi connectivity index (χ1) is 9.13. The molecule has 2 aromatic rings. The van der Waals surface area contributed by atoms with Gasteiger partial charge < -0.3 is 10.6 Å². The van der Waals surface area contributed by atoms with Crippen LogP contribution in [-0.4, -0.2) is 10.9 Å². The molecule has 19 heavy (non-hydrogen) atoms. The highest BCUT2D eigenvalue weighted by atomic mass is 16.1. The molecule has 0 unspecified atom stereocenters. The highest BCUT2D eigenvalue weighted by Gasteiger charge is 1.97. The highest BCUT2D eigenvalue weighted by Crippen LogP contribution is 2.14. The molecule has 98 valence electrons. The van der Waals surface area contributed by atoms with Gasteiger partial charge in [0.15, 0.2) is 0 Å². The van der Waals surface area contributed by atoms with Gasteiger partial charge in [-0.15, -0.1) is 0 Å². The lowest BCUT2D eigenvalue weighted by atomic mass is 10.2. The minimum atomic E-state index is -0.0635. The summed E-state index contributed by atoms with van der Waals surface area (Å²) in [5.41, 5.74) is 3.96. The first-order valence-electron chi connectivity index (χ1n) is 6.16. The van der Waals surface area contributed by atoms with Crippen molar-refractivity contribution < 1.29 is 4.79 Å². The molecule has 0 aliphatic heterocycles. The molecule has 0 radical (unpaired) electrons. The van der Waals surface area contributed by atoms with Crippen LogP contribution < -0.4 is 10.6 Å². The fourth-order valence-corrected chi connectivity index (χ4v) is 1.68. The van der Waals surface area contributed by atoms with Gasteiger partial charge >= 0.3 is 0 Å². The number of aromatic nitrogens is 1. The van der Waals surface area contributed by atoms with Crippen molar-refractivity contribution in [3.63, 3.8) is 0 Å². The lowest BCUT2D eigenvalue weighted by Gasteiger charge is -2.08. The van der Waals surface area contributed by atoms with Gasteiger partial charge in [0, 0.05) is 36.7 Å². The van der Waals surface area contributed by atoms with E-state index in [0.717, 1.165) is 29.2 Å². The van der Waals surface area contributed by atoms with E-state index in [2.05, 4.69) is 21.7 Å². The number of carbonyl (C=O) groups excluding carboxylic acids is 1. The van der Waals surface area contributed by atoms with E-state index in [4.69, 9.17) is 0 Å². The van der Waals surface area contributed by atoms with Gasteiger partial charge in [0.25, 0.3) is 0 Å². The van der Waals surface area contributed by atoms with E-state index < -0.39 is 0 Å². The lowest BCUT2D eigenvalue weighted by molar-refractivity contribution is -0.114. The van der Waals surface area contributed by atoms with E-state index >= 15 is 0 Å². The Balaban J connectivity index is 1.92. The van der Waals surface area contributed by atoms with Gasteiger partial charge in [-0.3, -0.25) is 9.78 Å². The van der Waals surface area contributed by atoms with E-state index in [1.54, 1.807) is 0 Å². The summed E-state index contributed by atoms with van der Waals surface area (Å²) in [5.74, 6) is -0.0635. The summed E-state index contributed by atoms with van der Waals surface area (Å²) in [6.45, 7) is 4.20. The molecular weight excluding hydrogens is 238 g/mol. The van der Waals surface area contributed by atoms with Crippen molar-refractivity contribution in [2.24, 2.45) is 0 Å². The molecule has 1 heterocycles. The van der Waals surface area contributed by atoms with Gasteiger partial charge in [0.1, 0.15) is 0 Å². The van der Waals surface area contributed by atoms with E-state index in [1.165, 1.54) is 6.92 Å². The Hall–Kier alpha value is -2.36. The van der Waals surface area contributed by atoms with Crippen LogP contribution in [0, 0.1) is 6.92 Å². The fourth-order valence-electron chi connectivity index (χ4n) is 1.68. The predicted molar refractivity (Wildman–Crippen MR) is 77.0 cm³/mol. The van der Waals surface area contributed by atoms with Crippen LogP contribution in [0.1, 0.15) is 18.2 Å². The molecule has 2 N–H and O–H groups in total. The second-order valence-corrected chi connectivity index (χ2v) is 4.42. The summed E-state index contributed by atoms with van der Waals surface area (Å²) in [6.07, 6.45) is 1.87. The number of hydrogen-bond donors (Lipinski definition) is 2. The van der Waals surface area contributed by atoms with Crippen molar-refractivity contribution in [1.29, 1.82) is 0 Å². The van der Waals surface area contributed by atoms with Gasteiger partial charge in [-0.25, -0.2) is 0 Å². The smallest absolute Gasteiger partial charge is 0.221 e. The second kappa shape index (κ2) is 6.00. The summed E-state index contributed by atoms with van der Waals surface area (Å²) in [4.78, 5) is 15.2. The molecule has 0 fully saturated rings. The first-order valence-corrected chi connectivity index (χ1v) is 6.16. The molecule has 0 aliphatic carbocycles. The van der Waals surface area contributed by atoms with E-state index in [9.17, 15) is 4.79 Å². The standard InChI is InChI=1S/C15H17N3O/c1-11-3-4-13(9-16-11)10-17-14-5-7-15(8-6-14)18-12(2)19/h3-9,17H,10H2,1-2H3,(H,18,19). The van der Waals surface area contributed by atoms with Crippen molar-refractivity contribution in [2.45, 2.75) is 20.4 Å². The van der Waals surface area contributed by atoms with Crippen molar-refractivity contribution in [3.05, 3.63) is 53.9 Å². The van der Waals surface area contributed by atoms with Crippen LogP contribution in [0.25, 0.3) is 0 Å². The van der Waals surface area contributed by atoms with Gasteiger partial charge in [0.2, 0.25) is 5.91 Å². The zero-order valence-electron chi connectivity index (χ0n) is 11.1. The number of anilines is 2. The molecular formula is C15H17N3O. The number of nitrogens with zero attached hydrogens (tertiary/aromatic N) is 1. The Kier molecular flexibility index (Phi) is 4.13. The Labute approximate surface area is 112 Å². The predicted octanol–water partition coefficient (Wildman–Crippen LogP) is 2.96. The number of hydrogen-bond acceptors (Lipinski definition) is 3. The molecule has 0 saturated heterocycles. The normalized spacial score (nSPS) is 10.0. The van der Waals surface area contributed by atoms with Crippen LogP contribution in [-0.2, 0) is 11.3 Å². The Morgan fingerprint density at radius 3 is 2.37 bits per heavy atom.